The first-order chi connectivity index (χ1) is 11.1. The molecule has 0 aliphatic heterocycles. The van der Waals surface area contributed by atoms with Crippen LogP contribution in [0.2, 0.25) is 0 Å². The van der Waals surface area contributed by atoms with Crippen LogP contribution in [0.15, 0.2) is 59.1 Å². The largest absolute Gasteiger partial charge is 0.364 e. The summed E-state index contributed by atoms with van der Waals surface area (Å²) in [7, 11) is 0. The van der Waals surface area contributed by atoms with Gasteiger partial charge in [-0.05, 0) is 36.8 Å². The molecule has 0 heterocycles. The monoisotopic (exact) mass is 376 g/mol. The second kappa shape index (κ2) is 8.45. The van der Waals surface area contributed by atoms with Crippen LogP contribution in [0, 0.1) is 0 Å². The quantitative estimate of drug-likeness (QED) is 0.788. The molecule has 0 radical (unpaired) electrons. The highest BCUT2D eigenvalue weighted by Crippen LogP contribution is 2.10. The summed E-state index contributed by atoms with van der Waals surface area (Å²) in [6, 6.07) is 16.4. The lowest BCUT2D eigenvalue weighted by molar-refractivity contribution is -0.133. The molecule has 1 atom stereocenters. The third kappa shape index (κ3) is 5.50. The summed E-state index contributed by atoms with van der Waals surface area (Å²) in [4.78, 5) is 23.8. The van der Waals surface area contributed by atoms with Crippen LogP contribution < -0.4 is 10.9 Å². The zero-order chi connectivity index (χ0) is 16.7. The maximum Gasteiger partial charge on any atom is 0.269 e. The van der Waals surface area contributed by atoms with E-state index in [1.54, 1.807) is 31.2 Å². The summed E-state index contributed by atoms with van der Waals surface area (Å²) in [5.74, 6) is -0.799. The fraction of sp³-hybridized carbons (Fsp3) is 0.176. The Bertz CT molecular complexity index is 659. The van der Waals surface area contributed by atoms with E-state index in [-0.39, 0.29) is 5.91 Å². The lowest BCUT2D eigenvalue weighted by atomic mass is 10.2. The number of nitrogens with one attached hydrogen (secondary N) is 2. The topological polar surface area (TPSA) is 67.4 Å². The van der Waals surface area contributed by atoms with E-state index < -0.39 is 12.0 Å². The molecular formula is C17H17BrN2O3. The van der Waals surface area contributed by atoms with Crippen LogP contribution in [0.4, 0.5) is 0 Å². The lowest BCUT2D eigenvalue weighted by Gasteiger charge is -2.14. The average Bonchev–Trinajstić information content (AvgIpc) is 2.58. The Morgan fingerprint density at radius 1 is 1.04 bits per heavy atom. The molecule has 23 heavy (non-hydrogen) atoms. The van der Waals surface area contributed by atoms with Crippen LogP contribution in [0.3, 0.4) is 0 Å². The summed E-state index contributed by atoms with van der Waals surface area (Å²) in [6.45, 7) is 1.96. The fourth-order valence-corrected chi connectivity index (χ4v) is 2.03. The minimum absolute atomic E-state index is 0.329. The van der Waals surface area contributed by atoms with Crippen LogP contribution in [0.1, 0.15) is 22.8 Å². The first-order valence-corrected chi connectivity index (χ1v) is 7.87. The van der Waals surface area contributed by atoms with Gasteiger partial charge in [-0.2, -0.15) is 0 Å². The number of rotatable bonds is 5. The third-order valence-corrected chi connectivity index (χ3v) is 3.65. The number of benzene rings is 2. The molecule has 120 valence electrons. The predicted octanol–water partition coefficient (Wildman–Crippen LogP) is 2.82. The van der Waals surface area contributed by atoms with E-state index >= 15 is 0 Å². The van der Waals surface area contributed by atoms with Gasteiger partial charge in [-0.3, -0.25) is 20.4 Å². The van der Waals surface area contributed by atoms with Crippen LogP contribution in [0.25, 0.3) is 0 Å². The van der Waals surface area contributed by atoms with E-state index in [2.05, 4.69) is 26.8 Å². The molecule has 0 saturated carbocycles. The number of hydrazine groups is 1. The maximum absolute atomic E-state index is 11.9. The Morgan fingerprint density at radius 2 is 1.70 bits per heavy atom. The summed E-state index contributed by atoms with van der Waals surface area (Å²) >= 11 is 3.29. The molecule has 0 fully saturated rings. The Balaban J connectivity index is 1.77. The number of hydrogen-bond donors (Lipinski definition) is 2. The third-order valence-electron chi connectivity index (χ3n) is 3.12. The van der Waals surface area contributed by atoms with Crippen LogP contribution >= 0.6 is 15.9 Å². The number of carbonyl (C=O) groups excluding carboxylic acids is 2. The number of hydrogen-bond acceptors (Lipinski definition) is 3. The second-order valence-corrected chi connectivity index (χ2v) is 5.80. The van der Waals surface area contributed by atoms with E-state index in [1.807, 2.05) is 30.3 Å². The molecule has 0 aromatic heterocycles. The van der Waals surface area contributed by atoms with Gasteiger partial charge in [0.15, 0.2) is 0 Å². The van der Waals surface area contributed by atoms with Gasteiger partial charge in [-0.1, -0.05) is 46.3 Å². The van der Waals surface area contributed by atoms with Gasteiger partial charge in [0.05, 0.1) is 6.61 Å². The molecule has 2 rings (SSSR count). The van der Waals surface area contributed by atoms with Crippen LogP contribution in [-0.2, 0) is 16.1 Å². The minimum atomic E-state index is -0.680. The molecule has 2 aromatic rings. The van der Waals surface area contributed by atoms with Crippen molar-refractivity contribution < 1.29 is 14.3 Å². The van der Waals surface area contributed by atoms with E-state index in [4.69, 9.17) is 4.74 Å². The van der Waals surface area contributed by atoms with Crippen molar-refractivity contribution in [1.29, 1.82) is 0 Å². The molecule has 5 nitrogen and oxygen atoms in total. The SMILES string of the molecule is CC(OCc1ccccc1)C(=O)NNC(=O)c1ccc(Br)cc1. The van der Waals surface area contributed by atoms with E-state index in [9.17, 15) is 9.59 Å². The number of ether oxygens (including phenoxy) is 1. The smallest absolute Gasteiger partial charge is 0.269 e. The molecule has 0 spiro atoms. The van der Waals surface area contributed by atoms with Crippen molar-refractivity contribution in [3.8, 4) is 0 Å². The maximum atomic E-state index is 11.9. The Morgan fingerprint density at radius 3 is 2.35 bits per heavy atom. The van der Waals surface area contributed by atoms with Gasteiger partial charge in [-0.25, -0.2) is 0 Å². The van der Waals surface area contributed by atoms with Crippen molar-refractivity contribution in [3.05, 3.63) is 70.2 Å². The summed E-state index contributed by atoms with van der Waals surface area (Å²) in [5.41, 5.74) is 6.15. The number of halogens is 1. The molecule has 0 aliphatic rings. The van der Waals surface area contributed by atoms with Crippen molar-refractivity contribution in [1.82, 2.24) is 10.9 Å². The van der Waals surface area contributed by atoms with Crippen molar-refractivity contribution >= 4 is 27.7 Å². The molecule has 2 N–H and O–H groups in total. The van der Waals surface area contributed by atoms with Crippen LogP contribution in [-0.4, -0.2) is 17.9 Å². The molecule has 1 unspecified atom stereocenters. The zero-order valence-electron chi connectivity index (χ0n) is 12.6. The normalized spacial score (nSPS) is 11.6. The average molecular weight is 377 g/mol. The first-order valence-electron chi connectivity index (χ1n) is 7.07. The second-order valence-electron chi connectivity index (χ2n) is 4.89. The van der Waals surface area contributed by atoms with Gasteiger partial charge in [0, 0.05) is 10.0 Å². The molecule has 6 heteroatoms. The Labute approximate surface area is 143 Å². The predicted molar refractivity (Wildman–Crippen MR) is 90.4 cm³/mol. The molecule has 2 amide bonds. The van der Waals surface area contributed by atoms with Gasteiger partial charge in [-0.15, -0.1) is 0 Å². The van der Waals surface area contributed by atoms with Gasteiger partial charge in [0.25, 0.3) is 11.8 Å². The van der Waals surface area contributed by atoms with Gasteiger partial charge in [0.2, 0.25) is 0 Å². The van der Waals surface area contributed by atoms with Crippen molar-refractivity contribution in [2.45, 2.75) is 19.6 Å². The molecule has 0 aliphatic carbocycles. The van der Waals surface area contributed by atoms with E-state index in [0.29, 0.717) is 12.2 Å². The van der Waals surface area contributed by atoms with Gasteiger partial charge < -0.3 is 4.74 Å². The highest BCUT2D eigenvalue weighted by Gasteiger charge is 2.14. The molecule has 0 saturated heterocycles. The lowest BCUT2D eigenvalue weighted by Crippen LogP contribution is -2.46. The minimum Gasteiger partial charge on any atom is -0.364 e. The number of amides is 2. The van der Waals surface area contributed by atoms with Crippen molar-refractivity contribution in [2.75, 3.05) is 0 Å². The summed E-state index contributed by atoms with van der Waals surface area (Å²) in [6.07, 6.45) is -0.680. The first kappa shape index (κ1) is 17.2. The van der Waals surface area contributed by atoms with Crippen LogP contribution in [0.5, 0.6) is 0 Å². The molecule has 2 aromatic carbocycles. The zero-order valence-corrected chi connectivity index (χ0v) is 14.2. The summed E-state index contributed by atoms with van der Waals surface area (Å²) < 4.78 is 6.35. The highest BCUT2D eigenvalue weighted by molar-refractivity contribution is 9.10. The van der Waals surface area contributed by atoms with Gasteiger partial charge in [0.1, 0.15) is 6.10 Å². The van der Waals surface area contributed by atoms with E-state index in [1.165, 1.54) is 0 Å². The van der Waals surface area contributed by atoms with Crippen molar-refractivity contribution in [2.24, 2.45) is 0 Å². The van der Waals surface area contributed by atoms with E-state index in [0.717, 1.165) is 10.0 Å². The number of carbonyl (C=O) groups is 2. The fourth-order valence-electron chi connectivity index (χ4n) is 1.76. The Hall–Kier alpha value is -2.18. The Kier molecular flexibility index (Phi) is 6.31. The standard InChI is InChI=1S/C17H17BrN2O3/c1-12(23-11-13-5-3-2-4-6-13)16(21)19-20-17(22)14-7-9-15(18)10-8-14/h2-10,12H,11H2,1H3,(H,19,21)(H,20,22). The van der Waals surface area contributed by atoms with Crippen molar-refractivity contribution in [3.63, 3.8) is 0 Å². The molecular weight excluding hydrogens is 360 g/mol. The van der Waals surface area contributed by atoms with Gasteiger partial charge >= 0.3 is 0 Å². The highest BCUT2D eigenvalue weighted by atomic mass is 79.9. The molecule has 0 bridgehead atoms. The summed E-state index contributed by atoms with van der Waals surface area (Å²) in [5, 5.41) is 0.